The Hall–Kier alpha value is -1.20. The minimum absolute atomic E-state index is 0.375. The normalized spacial score (nSPS) is 28.4. The molecule has 0 spiro atoms. The van der Waals surface area contributed by atoms with E-state index in [4.69, 9.17) is 11.6 Å². The van der Waals surface area contributed by atoms with E-state index in [1.165, 1.54) is 6.42 Å². The van der Waals surface area contributed by atoms with Gasteiger partial charge >= 0.3 is 0 Å². The predicted octanol–water partition coefficient (Wildman–Crippen LogP) is 4.22. The van der Waals surface area contributed by atoms with Crippen molar-refractivity contribution in [2.45, 2.75) is 38.1 Å². The standard InChI is InChI=1S/C14H17ClN2/c1-11-5-2-3-8-14(11,10-16)17-13-7-4-6-12(15)9-13/h4,6-7,9,11,17H,2-3,5,8H2,1H3. The average Bonchev–Trinajstić information content (AvgIpc) is 2.32. The van der Waals surface area contributed by atoms with Crippen LogP contribution in [0.2, 0.25) is 5.02 Å². The summed E-state index contributed by atoms with van der Waals surface area (Å²) in [5.74, 6) is 0.375. The number of nitriles is 1. The van der Waals surface area contributed by atoms with Crippen molar-refractivity contribution in [1.82, 2.24) is 0 Å². The molecule has 0 aromatic heterocycles. The summed E-state index contributed by atoms with van der Waals surface area (Å²) in [5, 5.41) is 13.6. The van der Waals surface area contributed by atoms with Gasteiger partial charge in [-0.25, -0.2) is 0 Å². The van der Waals surface area contributed by atoms with Crippen molar-refractivity contribution in [2.75, 3.05) is 5.32 Å². The molecule has 1 N–H and O–H groups in total. The van der Waals surface area contributed by atoms with E-state index in [1.807, 2.05) is 24.3 Å². The van der Waals surface area contributed by atoms with Crippen molar-refractivity contribution in [3.8, 4) is 6.07 Å². The molecule has 2 nitrogen and oxygen atoms in total. The molecule has 1 saturated carbocycles. The zero-order valence-corrected chi connectivity index (χ0v) is 10.8. The molecule has 0 saturated heterocycles. The summed E-state index contributed by atoms with van der Waals surface area (Å²) in [4.78, 5) is 0. The molecule has 1 fully saturated rings. The lowest BCUT2D eigenvalue weighted by Gasteiger charge is -2.38. The van der Waals surface area contributed by atoms with Crippen LogP contribution in [0, 0.1) is 17.2 Å². The summed E-state index contributed by atoms with van der Waals surface area (Å²) in [6.45, 7) is 2.15. The van der Waals surface area contributed by atoms with Gasteiger partial charge in [0.05, 0.1) is 6.07 Å². The Kier molecular flexibility index (Phi) is 3.59. The van der Waals surface area contributed by atoms with Crippen LogP contribution in [0.5, 0.6) is 0 Å². The van der Waals surface area contributed by atoms with E-state index < -0.39 is 5.54 Å². The van der Waals surface area contributed by atoms with Gasteiger partial charge in [0, 0.05) is 10.7 Å². The van der Waals surface area contributed by atoms with Crippen LogP contribution >= 0.6 is 11.6 Å². The second-order valence-corrected chi connectivity index (χ2v) is 5.30. The number of benzene rings is 1. The van der Waals surface area contributed by atoms with Gasteiger partial charge < -0.3 is 5.32 Å². The molecule has 1 aromatic carbocycles. The van der Waals surface area contributed by atoms with Crippen LogP contribution in [0.15, 0.2) is 24.3 Å². The second kappa shape index (κ2) is 4.98. The third kappa shape index (κ3) is 2.56. The molecule has 2 rings (SSSR count). The molecule has 3 heteroatoms. The Bertz CT molecular complexity index is 438. The Morgan fingerprint density at radius 3 is 2.94 bits per heavy atom. The van der Waals surface area contributed by atoms with Crippen LogP contribution in [0.1, 0.15) is 32.6 Å². The number of nitrogens with zero attached hydrogens (tertiary/aromatic N) is 1. The number of rotatable bonds is 2. The van der Waals surface area contributed by atoms with Crippen LogP contribution < -0.4 is 5.32 Å². The molecular formula is C14H17ClN2. The summed E-state index contributed by atoms with van der Waals surface area (Å²) in [7, 11) is 0. The van der Waals surface area contributed by atoms with Crippen LogP contribution in [0.25, 0.3) is 0 Å². The van der Waals surface area contributed by atoms with Gasteiger partial charge in [-0.3, -0.25) is 0 Å². The molecule has 0 amide bonds. The number of hydrogen-bond donors (Lipinski definition) is 1. The maximum atomic E-state index is 9.50. The first-order chi connectivity index (χ1) is 8.16. The molecule has 0 radical (unpaired) electrons. The SMILES string of the molecule is CC1CCCCC1(C#N)Nc1cccc(Cl)c1. The molecule has 0 aliphatic heterocycles. The van der Waals surface area contributed by atoms with Gasteiger partial charge in [-0.15, -0.1) is 0 Å². The van der Waals surface area contributed by atoms with E-state index in [0.717, 1.165) is 24.9 Å². The summed E-state index contributed by atoms with van der Waals surface area (Å²) in [6.07, 6.45) is 4.37. The van der Waals surface area contributed by atoms with Gasteiger partial charge in [-0.05, 0) is 37.0 Å². The molecule has 17 heavy (non-hydrogen) atoms. The fraction of sp³-hybridized carbons (Fsp3) is 0.500. The van der Waals surface area contributed by atoms with Crippen LogP contribution in [0.3, 0.4) is 0 Å². The molecule has 0 heterocycles. The lowest BCUT2D eigenvalue weighted by Crippen LogP contribution is -2.45. The third-order valence-electron chi connectivity index (χ3n) is 3.69. The lowest BCUT2D eigenvalue weighted by atomic mass is 9.74. The minimum atomic E-state index is -0.428. The summed E-state index contributed by atoms with van der Waals surface area (Å²) >= 11 is 5.96. The fourth-order valence-electron chi connectivity index (χ4n) is 2.55. The number of anilines is 1. The van der Waals surface area contributed by atoms with Gasteiger partial charge in [0.25, 0.3) is 0 Å². The zero-order valence-electron chi connectivity index (χ0n) is 10.0. The number of hydrogen-bond acceptors (Lipinski definition) is 2. The highest BCUT2D eigenvalue weighted by Crippen LogP contribution is 2.36. The maximum Gasteiger partial charge on any atom is 0.127 e. The van der Waals surface area contributed by atoms with Crippen LogP contribution in [0.4, 0.5) is 5.69 Å². The zero-order chi connectivity index (χ0) is 12.3. The Morgan fingerprint density at radius 2 is 2.29 bits per heavy atom. The summed E-state index contributed by atoms with van der Waals surface area (Å²) < 4.78 is 0. The van der Waals surface area contributed by atoms with Crippen molar-refractivity contribution in [1.29, 1.82) is 5.26 Å². The quantitative estimate of drug-likeness (QED) is 0.850. The van der Waals surface area contributed by atoms with Gasteiger partial charge in [0.1, 0.15) is 5.54 Å². The summed E-state index contributed by atoms with van der Waals surface area (Å²) in [6, 6.07) is 10.1. The van der Waals surface area contributed by atoms with E-state index in [1.54, 1.807) is 0 Å². The first kappa shape index (κ1) is 12.3. The highest BCUT2D eigenvalue weighted by atomic mass is 35.5. The molecule has 0 bridgehead atoms. The molecule has 1 aliphatic rings. The Morgan fingerprint density at radius 1 is 1.47 bits per heavy atom. The van der Waals surface area contributed by atoms with E-state index in [9.17, 15) is 5.26 Å². The molecule has 2 unspecified atom stereocenters. The van der Waals surface area contributed by atoms with E-state index in [2.05, 4.69) is 18.3 Å². The largest absolute Gasteiger partial charge is 0.367 e. The molecular weight excluding hydrogens is 232 g/mol. The van der Waals surface area contributed by atoms with Gasteiger partial charge in [-0.1, -0.05) is 37.4 Å². The van der Waals surface area contributed by atoms with E-state index in [-0.39, 0.29) is 0 Å². The van der Waals surface area contributed by atoms with Crippen molar-refractivity contribution >= 4 is 17.3 Å². The Balaban J connectivity index is 2.22. The lowest BCUT2D eigenvalue weighted by molar-refractivity contribution is 0.286. The second-order valence-electron chi connectivity index (χ2n) is 4.87. The third-order valence-corrected chi connectivity index (χ3v) is 3.93. The number of nitrogens with one attached hydrogen (secondary N) is 1. The fourth-order valence-corrected chi connectivity index (χ4v) is 2.74. The topological polar surface area (TPSA) is 35.8 Å². The smallest absolute Gasteiger partial charge is 0.127 e. The molecule has 2 atom stereocenters. The van der Waals surface area contributed by atoms with Crippen molar-refractivity contribution in [3.63, 3.8) is 0 Å². The molecule has 90 valence electrons. The van der Waals surface area contributed by atoms with Crippen molar-refractivity contribution in [2.24, 2.45) is 5.92 Å². The maximum absolute atomic E-state index is 9.50. The van der Waals surface area contributed by atoms with E-state index >= 15 is 0 Å². The van der Waals surface area contributed by atoms with Crippen molar-refractivity contribution in [3.05, 3.63) is 29.3 Å². The average molecular weight is 249 g/mol. The van der Waals surface area contributed by atoms with Crippen LogP contribution in [-0.2, 0) is 0 Å². The minimum Gasteiger partial charge on any atom is -0.367 e. The highest BCUT2D eigenvalue weighted by molar-refractivity contribution is 6.30. The molecule has 1 aliphatic carbocycles. The van der Waals surface area contributed by atoms with Crippen LogP contribution in [-0.4, -0.2) is 5.54 Å². The van der Waals surface area contributed by atoms with Crippen molar-refractivity contribution < 1.29 is 0 Å². The molecule has 1 aromatic rings. The monoisotopic (exact) mass is 248 g/mol. The first-order valence-corrected chi connectivity index (χ1v) is 6.49. The van der Waals surface area contributed by atoms with Gasteiger partial charge in [-0.2, -0.15) is 5.26 Å². The first-order valence-electron chi connectivity index (χ1n) is 6.11. The van der Waals surface area contributed by atoms with Gasteiger partial charge in [0.15, 0.2) is 0 Å². The summed E-state index contributed by atoms with van der Waals surface area (Å²) in [5.41, 5.74) is 0.510. The number of halogens is 1. The predicted molar refractivity (Wildman–Crippen MR) is 71.1 cm³/mol. The van der Waals surface area contributed by atoms with E-state index in [0.29, 0.717) is 10.9 Å². The van der Waals surface area contributed by atoms with Gasteiger partial charge in [0.2, 0.25) is 0 Å². The highest BCUT2D eigenvalue weighted by Gasteiger charge is 2.38. The Labute approximate surface area is 108 Å².